The lowest BCUT2D eigenvalue weighted by atomic mass is 9.94. The van der Waals surface area contributed by atoms with E-state index in [1.165, 1.54) is 17.0 Å². The van der Waals surface area contributed by atoms with Crippen molar-refractivity contribution in [1.29, 1.82) is 0 Å². The number of nitrogens with one attached hydrogen (secondary N) is 1. The Morgan fingerprint density at radius 2 is 2.06 bits per heavy atom. The van der Waals surface area contributed by atoms with Gasteiger partial charge in [0.1, 0.15) is 12.4 Å². The van der Waals surface area contributed by atoms with Crippen LogP contribution in [-0.4, -0.2) is 61.5 Å². The third-order valence-corrected chi connectivity index (χ3v) is 5.26. The van der Waals surface area contributed by atoms with E-state index in [2.05, 4.69) is 5.32 Å². The average molecular weight is 435 g/mol. The second-order valence-electron chi connectivity index (χ2n) is 9.49. The number of anilines is 2. The summed E-state index contributed by atoms with van der Waals surface area (Å²) >= 11 is 0. The van der Waals surface area contributed by atoms with Crippen molar-refractivity contribution in [3.8, 4) is 0 Å². The minimum Gasteiger partial charge on any atom is -0.370 e. The van der Waals surface area contributed by atoms with Crippen LogP contribution in [0.25, 0.3) is 0 Å². The molecule has 3 amide bonds. The van der Waals surface area contributed by atoms with Gasteiger partial charge in [0, 0.05) is 25.3 Å². The monoisotopic (exact) mass is 434 g/mol. The summed E-state index contributed by atoms with van der Waals surface area (Å²) in [6.07, 6.45) is 2.12. The van der Waals surface area contributed by atoms with Crippen LogP contribution in [0, 0.1) is 17.2 Å². The van der Waals surface area contributed by atoms with Crippen molar-refractivity contribution in [2.24, 2.45) is 17.1 Å². The number of carbonyl (C=O) groups is 3. The van der Waals surface area contributed by atoms with Gasteiger partial charge in [-0.1, -0.05) is 20.8 Å². The van der Waals surface area contributed by atoms with Crippen LogP contribution in [0.4, 0.5) is 15.8 Å². The normalized spacial score (nSPS) is 18.2. The van der Waals surface area contributed by atoms with Crippen molar-refractivity contribution in [3.63, 3.8) is 0 Å². The van der Waals surface area contributed by atoms with E-state index in [-0.39, 0.29) is 23.6 Å². The number of primary amides is 1. The van der Waals surface area contributed by atoms with Crippen LogP contribution in [0.15, 0.2) is 18.2 Å². The smallest absolute Gasteiger partial charge is 0.253 e. The molecule has 3 rings (SSSR count). The quantitative estimate of drug-likeness (QED) is 0.607. The van der Waals surface area contributed by atoms with Gasteiger partial charge in [0.2, 0.25) is 5.91 Å². The SMILES string of the molecule is CC(C)(C)CN(CC1CC1)[C@@H](C(N)=O)C(=O)Nc1ccc(N2CCOCC2=O)cc1F. The Morgan fingerprint density at radius 1 is 1.35 bits per heavy atom. The number of carbonyl (C=O) groups excluding carboxylic acids is 3. The Hall–Kier alpha value is -2.52. The summed E-state index contributed by atoms with van der Waals surface area (Å²) in [7, 11) is 0. The molecule has 31 heavy (non-hydrogen) atoms. The highest BCUT2D eigenvalue weighted by molar-refractivity contribution is 6.09. The Labute approximate surface area is 181 Å². The molecule has 0 radical (unpaired) electrons. The third kappa shape index (κ3) is 6.24. The Morgan fingerprint density at radius 3 is 2.61 bits per heavy atom. The highest BCUT2D eigenvalue weighted by Gasteiger charge is 2.37. The number of amides is 3. The standard InChI is InChI=1S/C22H31FN4O4/c1-22(2,3)13-26(11-14-4-5-14)19(20(24)29)21(30)25-17-7-6-15(10-16(17)23)27-8-9-31-12-18(27)28/h6-7,10,14,19H,4-5,8-9,11-13H2,1-3H3,(H2,24,29)(H,25,30)/t19-/m0/s1. The van der Waals surface area contributed by atoms with Crippen LogP contribution in [0.3, 0.4) is 0 Å². The molecule has 1 aliphatic heterocycles. The van der Waals surface area contributed by atoms with Crippen molar-refractivity contribution in [1.82, 2.24) is 4.90 Å². The third-order valence-electron chi connectivity index (χ3n) is 5.26. The molecular formula is C22H31FN4O4. The predicted molar refractivity (Wildman–Crippen MR) is 115 cm³/mol. The summed E-state index contributed by atoms with van der Waals surface area (Å²) in [5.74, 6) is -1.93. The molecule has 1 saturated heterocycles. The summed E-state index contributed by atoms with van der Waals surface area (Å²) in [6.45, 7) is 7.82. The van der Waals surface area contributed by atoms with Crippen molar-refractivity contribution in [2.45, 2.75) is 39.7 Å². The number of halogens is 1. The second kappa shape index (κ2) is 9.32. The van der Waals surface area contributed by atoms with E-state index >= 15 is 0 Å². The van der Waals surface area contributed by atoms with E-state index in [1.54, 1.807) is 11.0 Å². The number of nitrogens with two attached hydrogens (primary N) is 1. The number of benzene rings is 1. The van der Waals surface area contributed by atoms with E-state index in [0.717, 1.165) is 12.8 Å². The highest BCUT2D eigenvalue weighted by Crippen LogP contribution is 2.32. The molecule has 0 unspecified atom stereocenters. The fourth-order valence-corrected chi connectivity index (χ4v) is 3.74. The van der Waals surface area contributed by atoms with Gasteiger partial charge < -0.3 is 20.7 Å². The minimum absolute atomic E-state index is 0.0506. The van der Waals surface area contributed by atoms with E-state index in [0.29, 0.717) is 37.8 Å². The summed E-state index contributed by atoms with van der Waals surface area (Å²) in [5, 5.41) is 2.51. The molecule has 1 saturated carbocycles. The van der Waals surface area contributed by atoms with Crippen molar-refractivity contribution < 1.29 is 23.5 Å². The molecule has 9 heteroatoms. The van der Waals surface area contributed by atoms with Gasteiger partial charge in [0.05, 0.1) is 12.3 Å². The van der Waals surface area contributed by atoms with Gasteiger partial charge in [-0.25, -0.2) is 4.39 Å². The van der Waals surface area contributed by atoms with Crippen LogP contribution in [0.1, 0.15) is 33.6 Å². The van der Waals surface area contributed by atoms with Crippen LogP contribution in [0.5, 0.6) is 0 Å². The second-order valence-corrected chi connectivity index (χ2v) is 9.49. The van der Waals surface area contributed by atoms with Crippen LogP contribution in [0.2, 0.25) is 0 Å². The first kappa shape index (κ1) is 23.1. The fraction of sp³-hybridized carbons (Fsp3) is 0.591. The minimum atomic E-state index is -1.19. The fourth-order valence-electron chi connectivity index (χ4n) is 3.74. The molecule has 170 valence electrons. The Kier molecular flexibility index (Phi) is 6.96. The number of rotatable bonds is 8. The first-order chi connectivity index (χ1) is 14.5. The van der Waals surface area contributed by atoms with Crippen LogP contribution < -0.4 is 16.0 Å². The van der Waals surface area contributed by atoms with Gasteiger partial charge in [-0.05, 0) is 42.4 Å². The molecule has 0 spiro atoms. The molecule has 0 bridgehead atoms. The first-order valence-corrected chi connectivity index (χ1v) is 10.6. The van der Waals surface area contributed by atoms with Gasteiger partial charge in [0.25, 0.3) is 11.8 Å². The lowest BCUT2D eigenvalue weighted by Gasteiger charge is -2.34. The number of hydrogen-bond acceptors (Lipinski definition) is 5. The largest absolute Gasteiger partial charge is 0.370 e. The van der Waals surface area contributed by atoms with E-state index in [9.17, 15) is 18.8 Å². The first-order valence-electron chi connectivity index (χ1n) is 10.6. The van der Waals surface area contributed by atoms with E-state index in [4.69, 9.17) is 10.5 Å². The van der Waals surface area contributed by atoms with Gasteiger partial charge >= 0.3 is 0 Å². The Balaban J connectivity index is 1.76. The van der Waals surface area contributed by atoms with Gasteiger partial charge in [-0.2, -0.15) is 0 Å². The molecule has 2 fully saturated rings. The molecular weight excluding hydrogens is 403 g/mol. The molecule has 1 heterocycles. The van der Waals surface area contributed by atoms with Crippen molar-refractivity contribution in [3.05, 3.63) is 24.0 Å². The highest BCUT2D eigenvalue weighted by atomic mass is 19.1. The predicted octanol–water partition coefficient (Wildman–Crippen LogP) is 1.74. The maximum absolute atomic E-state index is 14.7. The molecule has 1 aromatic carbocycles. The van der Waals surface area contributed by atoms with E-state index < -0.39 is 23.7 Å². The lowest BCUT2D eigenvalue weighted by molar-refractivity contribution is -0.133. The van der Waals surface area contributed by atoms with E-state index in [1.807, 2.05) is 20.8 Å². The average Bonchev–Trinajstić information content (AvgIpc) is 3.46. The van der Waals surface area contributed by atoms with Crippen molar-refractivity contribution in [2.75, 3.05) is 43.1 Å². The molecule has 2 aliphatic rings. The molecule has 1 aromatic rings. The topological polar surface area (TPSA) is 105 Å². The molecule has 1 aliphatic carbocycles. The van der Waals surface area contributed by atoms with Crippen molar-refractivity contribution >= 4 is 29.1 Å². The summed E-state index contributed by atoms with van der Waals surface area (Å²) < 4.78 is 19.8. The lowest BCUT2D eigenvalue weighted by Crippen LogP contribution is -2.54. The zero-order valence-corrected chi connectivity index (χ0v) is 18.3. The van der Waals surface area contributed by atoms with Crippen LogP contribution in [-0.2, 0) is 19.1 Å². The molecule has 8 nitrogen and oxygen atoms in total. The number of nitrogens with zero attached hydrogens (tertiary/aromatic N) is 2. The van der Waals surface area contributed by atoms with Gasteiger partial charge in [-0.15, -0.1) is 0 Å². The summed E-state index contributed by atoms with van der Waals surface area (Å²) in [4.78, 5) is 40.4. The summed E-state index contributed by atoms with van der Waals surface area (Å²) in [6, 6.07) is 2.94. The van der Waals surface area contributed by atoms with Gasteiger partial charge in [-0.3, -0.25) is 19.3 Å². The zero-order valence-electron chi connectivity index (χ0n) is 18.3. The zero-order chi connectivity index (χ0) is 22.8. The maximum atomic E-state index is 14.7. The number of morpholine rings is 1. The summed E-state index contributed by atoms with van der Waals surface area (Å²) in [5.41, 5.74) is 5.76. The maximum Gasteiger partial charge on any atom is 0.253 e. The Bertz CT molecular complexity index is 850. The molecule has 1 atom stereocenters. The number of hydrogen-bond donors (Lipinski definition) is 2. The molecule has 3 N–H and O–H groups in total. The molecule has 0 aromatic heterocycles. The number of ether oxygens (including phenoxy) is 1. The van der Waals surface area contributed by atoms with Gasteiger partial charge in [0.15, 0.2) is 6.04 Å². The van der Waals surface area contributed by atoms with Crippen LogP contribution >= 0.6 is 0 Å².